The van der Waals surface area contributed by atoms with Crippen molar-refractivity contribution in [3.05, 3.63) is 11.3 Å². The number of nitrogens with zero attached hydrogens (tertiary/aromatic N) is 1. The van der Waals surface area contributed by atoms with Crippen LogP contribution in [0.4, 0.5) is 0 Å². The number of carboxylic acid groups (broad SMARTS) is 2. The molecule has 7 heteroatoms. The lowest BCUT2D eigenvalue weighted by atomic mass is 9.73. The van der Waals surface area contributed by atoms with E-state index in [4.69, 9.17) is 10.2 Å². The Kier molecular flexibility index (Phi) is 7.92. The number of carboxylic acids is 2. The molecule has 0 saturated carbocycles. The Hall–Kier alpha value is -1.60. The summed E-state index contributed by atoms with van der Waals surface area (Å²) in [6, 6.07) is 0. The van der Waals surface area contributed by atoms with E-state index in [0.29, 0.717) is 12.3 Å². The first-order valence-corrected chi connectivity index (χ1v) is 8.02. The second-order valence-corrected chi connectivity index (χ2v) is 7.11. The van der Waals surface area contributed by atoms with Crippen molar-refractivity contribution in [2.45, 2.75) is 65.5 Å². The molecule has 4 N–H and O–H groups in total. The van der Waals surface area contributed by atoms with Gasteiger partial charge in [0.1, 0.15) is 0 Å². The Balaban J connectivity index is 0.000000561. The fourth-order valence-electron chi connectivity index (χ4n) is 3.01. The van der Waals surface area contributed by atoms with Crippen molar-refractivity contribution in [1.82, 2.24) is 4.90 Å². The van der Waals surface area contributed by atoms with Gasteiger partial charge in [-0.05, 0) is 40.2 Å². The van der Waals surface area contributed by atoms with Gasteiger partial charge in [0.2, 0.25) is 0 Å². The van der Waals surface area contributed by atoms with E-state index in [-0.39, 0.29) is 36.4 Å². The third-order valence-corrected chi connectivity index (χ3v) is 5.02. The molecular formula is C17H31NO6. The Morgan fingerprint density at radius 2 is 1.50 bits per heavy atom. The van der Waals surface area contributed by atoms with Crippen LogP contribution in [0.1, 0.15) is 54.4 Å². The maximum atomic E-state index is 10.2. The van der Waals surface area contributed by atoms with E-state index < -0.39 is 11.9 Å². The van der Waals surface area contributed by atoms with E-state index in [0.717, 1.165) is 5.57 Å². The summed E-state index contributed by atoms with van der Waals surface area (Å²) in [6.45, 7) is 13.2. The van der Waals surface area contributed by atoms with Crippen LogP contribution in [0.25, 0.3) is 0 Å². The topological polar surface area (TPSA) is 118 Å². The van der Waals surface area contributed by atoms with Gasteiger partial charge in [-0.1, -0.05) is 6.92 Å². The summed E-state index contributed by atoms with van der Waals surface area (Å²) in [5.41, 5.74) is 0.659. The minimum atomic E-state index is -1.08. The van der Waals surface area contributed by atoms with Gasteiger partial charge in [0, 0.05) is 23.5 Å². The van der Waals surface area contributed by atoms with E-state index in [2.05, 4.69) is 32.6 Å². The first-order valence-electron chi connectivity index (χ1n) is 8.02. The molecular weight excluding hydrogens is 314 g/mol. The number of β-amino-alcohol motifs (C(OH)–C–C–N with tert-alkyl or cyclic N) is 1. The zero-order valence-corrected chi connectivity index (χ0v) is 15.5. The van der Waals surface area contributed by atoms with Gasteiger partial charge in [0.25, 0.3) is 0 Å². The lowest BCUT2D eigenvalue weighted by Crippen LogP contribution is -2.63. The van der Waals surface area contributed by atoms with Gasteiger partial charge >= 0.3 is 11.9 Å². The van der Waals surface area contributed by atoms with Gasteiger partial charge < -0.3 is 20.4 Å². The van der Waals surface area contributed by atoms with Crippen LogP contribution < -0.4 is 0 Å². The highest BCUT2D eigenvalue weighted by Gasteiger charge is 2.48. The molecule has 24 heavy (non-hydrogen) atoms. The average Bonchev–Trinajstić information content (AvgIpc) is 2.47. The van der Waals surface area contributed by atoms with Crippen molar-refractivity contribution in [3.63, 3.8) is 0 Å². The second-order valence-electron chi connectivity index (χ2n) is 7.11. The van der Waals surface area contributed by atoms with Crippen LogP contribution in [-0.2, 0) is 9.59 Å². The number of carbonyl (C=O) groups is 2. The van der Waals surface area contributed by atoms with Crippen LogP contribution in [0.5, 0.6) is 0 Å². The highest BCUT2D eigenvalue weighted by atomic mass is 16.4. The SMILES string of the molecule is CC1=C(O)C(C)C(C)(C)N(CCO)C1(C)C.O=C(O)CCC(=O)O. The molecule has 0 spiro atoms. The third kappa shape index (κ3) is 5.21. The maximum Gasteiger partial charge on any atom is 0.303 e. The number of hydrogen-bond donors (Lipinski definition) is 4. The molecule has 0 aromatic rings. The predicted octanol–water partition coefficient (Wildman–Crippen LogP) is 2.26. The predicted molar refractivity (Wildman–Crippen MR) is 90.9 cm³/mol. The molecule has 1 aliphatic rings. The third-order valence-electron chi connectivity index (χ3n) is 5.02. The largest absolute Gasteiger partial charge is 0.512 e. The van der Waals surface area contributed by atoms with Crippen molar-refractivity contribution in [2.75, 3.05) is 13.2 Å². The number of rotatable bonds is 5. The molecule has 1 aliphatic heterocycles. The molecule has 0 aromatic carbocycles. The number of aliphatic carboxylic acids is 2. The second kappa shape index (κ2) is 8.48. The Morgan fingerprint density at radius 1 is 1.08 bits per heavy atom. The van der Waals surface area contributed by atoms with E-state index in [1.54, 1.807) is 0 Å². The van der Waals surface area contributed by atoms with Gasteiger partial charge in [-0.3, -0.25) is 14.5 Å². The van der Waals surface area contributed by atoms with Crippen LogP contribution in [0.3, 0.4) is 0 Å². The van der Waals surface area contributed by atoms with Crippen molar-refractivity contribution < 1.29 is 30.0 Å². The zero-order valence-electron chi connectivity index (χ0n) is 15.5. The highest BCUT2D eigenvalue weighted by molar-refractivity contribution is 5.75. The molecule has 0 bridgehead atoms. The fraction of sp³-hybridized carbons (Fsp3) is 0.765. The van der Waals surface area contributed by atoms with Crippen LogP contribution in [0, 0.1) is 5.92 Å². The van der Waals surface area contributed by atoms with Crippen LogP contribution in [0.15, 0.2) is 11.3 Å². The average molecular weight is 345 g/mol. The summed E-state index contributed by atoms with van der Waals surface area (Å²) < 4.78 is 0. The minimum absolute atomic E-state index is 0.0899. The summed E-state index contributed by atoms with van der Waals surface area (Å²) in [5, 5.41) is 35.2. The van der Waals surface area contributed by atoms with Gasteiger partial charge in [0.15, 0.2) is 0 Å². The van der Waals surface area contributed by atoms with Crippen LogP contribution in [0.2, 0.25) is 0 Å². The monoisotopic (exact) mass is 345 g/mol. The summed E-state index contributed by atoms with van der Waals surface area (Å²) in [5.74, 6) is -1.56. The summed E-state index contributed by atoms with van der Waals surface area (Å²) in [7, 11) is 0. The molecule has 1 rings (SSSR count). The Bertz CT molecular complexity index is 481. The molecule has 0 amide bonds. The highest BCUT2D eigenvalue weighted by Crippen LogP contribution is 2.43. The maximum absolute atomic E-state index is 10.2. The standard InChI is InChI=1S/C13H25NO2.C4H6O4/c1-9-11(16)10(2)13(5,6)14(7-8-15)12(9,3)4;5-3(6)1-2-4(7)8/h9,15-16H,7-8H2,1-6H3;1-2H2,(H,5,6)(H,7,8). The molecule has 0 fully saturated rings. The normalized spacial score (nSPS) is 22.5. The Labute approximate surface area is 143 Å². The lowest BCUT2D eigenvalue weighted by Gasteiger charge is -2.55. The molecule has 0 radical (unpaired) electrons. The molecule has 0 saturated heterocycles. The number of aliphatic hydroxyl groups excluding tert-OH is 2. The molecule has 1 heterocycles. The number of aliphatic hydroxyl groups is 2. The lowest BCUT2D eigenvalue weighted by molar-refractivity contribution is -0.143. The quantitative estimate of drug-likeness (QED) is 0.603. The molecule has 0 aromatic heterocycles. The van der Waals surface area contributed by atoms with Crippen LogP contribution in [-0.4, -0.2) is 61.5 Å². The molecule has 140 valence electrons. The van der Waals surface area contributed by atoms with Gasteiger partial charge in [-0.2, -0.15) is 0 Å². The van der Waals surface area contributed by atoms with Crippen molar-refractivity contribution in [2.24, 2.45) is 5.92 Å². The van der Waals surface area contributed by atoms with Gasteiger partial charge in [-0.15, -0.1) is 0 Å². The molecule has 1 unspecified atom stereocenters. The van der Waals surface area contributed by atoms with E-state index >= 15 is 0 Å². The smallest absolute Gasteiger partial charge is 0.303 e. The van der Waals surface area contributed by atoms with Gasteiger partial charge in [-0.25, -0.2) is 0 Å². The van der Waals surface area contributed by atoms with Crippen molar-refractivity contribution in [3.8, 4) is 0 Å². The first kappa shape index (κ1) is 22.4. The fourth-order valence-corrected chi connectivity index (χ4v) is 3.01. The van der Waals surface area contributed by atoms with E-state index in [9.17, 15) is 19.8 Å². The zero-order chi connectivity index (χ0) is 19.3. The molecule has 1 atom stereocenters. The first-order chi connectivity index (χ1) is 10.8. The summed E-state index contributed by atoms with van der Waals surface area (Å²) >= 11 is 0. The van der Waals surface area contributed by atoms with Crippen molar-refractivity contribution in [1.29, 1.82) is 0 Å². The number of hydrogen-bond acceptors (Lipinski definition) is 5. The molecule has 0 aliphatic carbocycles. The summed E-state index contributed by atoms with van der Waals surface area (Å²) in [4.78, 5) is 21.6. The van der Waals surface area contributed by atoms with Crippen LogP contribution >= 0.6 is 0 Å². The Morgan fingerprint density at radius 3 is 1.83 bits per heavy atom. The van der Waals surface area contributed by atoms with E-state index in [1.165, 1.54) is 0 Å². The van der Waals surface area contributed by atoms with E-state index in [1.807, 2.05) is 13.8 Å². The molecule has 7 nitrogen and oxygen atoms in total. The minimum Gasteiger partial charge on any atom is -0.512 e. The summed E-state index contributed by atoms with van der Waals surface area (Å²) in [6.07, 6.45) is -0.593. The van der Waals surface area contributed by atoms with Gasteiger partial charge in [0.05, 0.1) is 25.2 Å². The van der Waals surface area contributed by atoms with Crippen molar-refractivity contribution >= 4 is 11.9 Å².